The first-order valence-electron chi connectivity index (χ1n) is 9.12. The van der Waals surface area contributed by atoms with Gasteiger partial charge in [-0.05, 0) is 60.7 Å². The van der Waals surface area contributed by atoms with Crippen molar-refractivity contribution in [1.29, 1.82) is 0 Å². The van der Waals surface area contributed by atoms with E-state index >= 15 is 0 Å². The van der Waals surface area contributed by atoms with Crippen LogP contribution >= 0.6 is 0 Å². The fourth-order valence-corrected chi connectivity index (χ4v) is 7.14. The highest BCUT2D eigenvalue weighted by atomic mass is 28.3. The molecule has 0 amide bonds. The maximum Gasteiger partial charge on any atom is 0.123 e. The Labute approximate surface area is 146 Å². The SMILES string of the molecule is CCC[Si@H]1CC[C@H](c2ccc(C#Cc3ccc(F)cc3)cc2)CC1. The quantitative estimate of drug-likeness (QED) is 0.495. The zero-order chi connectivity index (χ0) is 16.8. The van der Waals surface area contributed by atoms with E-state index in [2.05, 4.69) is 43.0 Å². The summed E-state index contributed by atoms with van der Waals surface area (Å²) in [7, 11) is -0.397. The first kappa shape index (κ1) is 17.0. The average Bonchev–Trinajstić information content (AvgIpc) is 2.63. The van der Waals surface area contributed by atoms with Gasteiger partial charge in [-0.3, -0.25) is 0 Å². The lowest BCUT2D eigenvalue weighted by molar-refractivity contribution is 0.606. The molecule has 0 saturated carbocycles. The molecule has 0 N–H and O–H groups in total. The van der Waals surface area contributed by atoms with Gasteiger partial charge in [-0.25, -0.2) is 4.39 Å². The lowest BCUT2D eigenvalue weighted by Gasteiger charge is -2.27. The summed E-state index contributed by atoms with van der Waals surface area (Å²) in [4.78, 5) is 0. The van der Waals surface area contributed by atoms with Gasteiger partial charge in [-0.1, -0.05) is 55.5 Å². The number of halogens is 1. The third-order valence-corrected chi connectivity index (χ3v) is 8.81. The van der Waals surface area contributed by atoms with Gasteiger partial charge in [0.1, 0.15) is 5.82 Å². The van der Waals surface area contributed by atoms with Crippen LogP contribution in [0.25, 0.3) is 0 Å². The van der Waals surface area contributed by atoms with E-state index in [9.17, 15) is 4.39 Å². The number of hydrogen-bond acceptors (Lipinski definition) is 0. The Kier molecular flexibility index (Phi) is 5.88. The van der Waals surface area contributed by atoms with Crippen molar-refractivity contribution in [2.75, 3.05) is 0 Å². The highest BCUT2D eigenvalue weighted by Crippen LogP contribution is 2.34. The number of benzene rings is 2. The van der Waals surface area contributed by atoms with Crippen LogP contribution in [-0.4, -0.2) is 8.80 Å². The molecular weight excluding hydrogens is 311 g/mol. The molecule has 0 radical (unpaired) electrons. The number of hydrogen-bond donors (Lipinski definition) is 0. The zero-order valence-corrected chi connectivity index (χ0v) is 15.5. The van der Waals surface area contributed by atoms with Crippen LogP contribution in [0, 0.1) is 17.7 Å². The second-order valence-corrected chi connectivity index (χ2v) is 10.3. The Balaban J connectivity index is 1.61. The van der Waals surface area contributed by atoms with Gasteiger partial charge < -0.3 is 0 Å². The van der Waals surface area contributed by atoms with E-state index < -0.39 is 8.80 Å². The molecule has 0 nitrogen and oxygen atoms in total. The van der Waals surface area contributed by atoms with Crippen LogP contribution < -0.4 is 0 Å². The normalized spacial score (nSPS) is 20.2. The van der Waals surface area contributed by atoms with Crippen molar-refractivity contribution in [2.24, 2.45) is 0 Å². The molecule has 124 valence electrons. The maximum atomic E-state index is 12.9. The topological polar surface area (TPSA) is 0 Å². The minimum Gasteiger partial charge on any atom is -0.207 e. The summed E-state index contributed by atoms with van der Waals surface area (Å²) in [5, 5.41) is 0. The van der Waals surface area contributed by atoms with E-state index in [1.807, 2.05) is 0 Å². The molecule has 0 spiro atoms. The molecule has 1 aliphatic rings. The van der Waals surface area contributed by atoms with Crippen molar-refractivity contribution < 1.29 is 4.39 Å². The molecule has 2 aromatic carbocycles. The first-order chi connectivity index (χ1) is 11.7. The van der Waals surface area contributed by atoms with E-state index in [1.54, 1.807) is 12.1 Å². The summed E-state index contributed by atoms with van der Waals surface area (Å²) < 4.78 is 12.9. The van der Waals surface area contributed by atoms with Gasteiger partial charge in [0.2, 0.25) is 0 Å². The minimum atomic E-state index is -0.397. The fourth-order valence-electron chi connectivity index (χ4n) is 3.71. The average molecular weight is 337 g/mol. The van der Waals surface area contributed by atoms with Crippen molar-refractivity contribution in [1.82, 2.24) is 0 Å². The van der Waals surface area contributed by atoms with Gasteiger partial charge in [0.25, 0.3) is 0 Å². The number of rotatable bonds is 3. The van der Waals surface area contributed by atoms with Crippen molar-refractivity contribution in [3.05, 3.63) is 71.0 Å². The maximum absolute atomic E-state index is 12.9. The van der Waals surface area contributed by atoms with Gasteiger partial charge in [-0.2, -0.15) is 0 Å². The Morgan fingerprint density at radius 2 is 1.46 bits per heavy atom. The van der Waals surface area contributed by atoms with Crippen molar-refractivity contribution in [3.8, 4) is 11.8 Å². The molecule has 2 heteroatoms. The van der Waals surface area contributed by atoms with E-state index in [0.29, 0.717) is 0 Å². The summed E-state index contributed by atoms with van der Waals surface area (Å²) in [5.74, 6) is 6.80. The predicted molar refractivity (Wildman–Crippen MR) is 103 cm³/mol. The van der Waals surface area contributed by atoms with E-state index in [0.717, 1.165) is 17.0 Å². The minimum absolute atomic E-state index is 0.221. The molecule has 0 atom stereocenters. The van der Waals surface area contributed by atoms with Gasteiger partial charge in [-0.15, -0.1) is 0 Å². The van der Waals surface area contributed by atoms with Gasteiger partial charge in [0.05, 0.1) is 0 Å². The highest BCUT2D eigenvalue weighted by molar-refractivity contribution is 6.59. The molecule has 1 aliphatic heterocycles. The van der Waals surface area contributed by atoms with Crippen molar-refractivity contribution in [2.45, 2.75) is 50.2 Å². The van der Waals surface area contributed by atoms with Crippen LogP contribution in [0.3, 0.4) is 0 Å². The summed E-state index contributed by atoms with van der Waals surface area (Å²) in [6, 6.07) is 19.7. The second-order valence-electron chi connectivity index (χ2n) is 6.89. The third-order valence-electron chi connectivity index (χ3n) is 5.12. The molecule has 1 fully saturated rings. The summed E-state index contributed by atoms with van der Waals surface area (Å²) in [5.41, 5.74) is 3.35. The highest BCUT2D eigenvalue weighted by Gasteiger charge is 2.22. The fraction of sp³-hybridized carbons (Fsp3) is 0.364. The van der Waals surface area contributed by atoms with E-state index in [1.165, 1.54) is 55.1 Å². The van der Waals surface area contributed by atoms with Crippen LogP contribution in [0.15, 0.2) is 48.5 Å². The molecule has 0 unspecified atom stereocenters. The molecular formula is C22H25FSi. The molecule has 0 bridgehead atoms. The van der Waals surface area contributed by atoms with Crippen LogP contribution in [0.4, 0.5) is 4.39 Å². The molecule has 2 aromatic rings. The van der Waals surface area contributed by atoms with Gasteiger partial charge in [0, 0.05) is 19.9 Å². The molecule has 3 rings (SSSR count). The van der Waals surface area contributed by atoms with Gasteiger partial charge >= 0.3 is 0 Å². The van der Waals surface area contributed by atoms with Crippen molar-refractivity contribution >= 4 is 8.80 Å². The molecule has 0 aromatic heterocycles. The van der Waals surface area contributed by atoms with Crippen LogP contribution in [0.2, 0.25) is 18.1 Å². The summed E-state index contributed by atoms with van der Waals surface area (Å²) in [6.45, 7) is 2.32. The summed E-state index contributed by atoms with van der Waals surface area (Å²) in [6.07, 6.45) is 4.15. The molecule has 1 saturated heterocycles. The Bertz CT molecular complexity index is 698. The lowest BCUT2D eigenvalue weighted by atomic mass is 9.93. The predicted octanol–water partition coefficient (Wildman–Crippen LogP) is 5.74. The molecule has 0 aliphatic carbocycles. The standard InChI is InChI=1S/C22H25FSi/c1-2-15-24-16-13-21(14-17-24)20-9-5-18(6-10-20)3-4-19-7-11-22(23)12-8-19/h5-12,21,24H,2,13-17H2,1H3/t21-,24-. The van der Waals surface area contributed by atoms with Crippen LogP contribution in [0.5, 0.6) is 0 Å². The van der Waals surface area contributed by atoms with Crippen LogP contribution in [-0.2, 0) is 0 Å². The Hall–Kier alpha value is -1.85. The van der Waals surface area contributed by atoms with Crippen molar-refractivity contribution in [3.63, 3.8) is 0 Å². The first-order valence-corrected chi connectivity index (χ1v) is 11.6. The Morgan fingerprint density at radius 3 is 2.00 bits per heavy atom. The third kappa shape index (κ3) is 4.58. The molecule has 1 heterocycles. The largest absolute Gasteiger partial charge is 0.207 e. The second kappa shape index (κ2) is 8.31. The Morgan fingerprint density at radius 1 is 0.917 bits per heavy atom. The summed E-state index contributed by atoms with van der Waals surface area (Å²) >= 11 is 0. The lowest BCUT2D eigenvalue weighted by Crippen LogP contribution is -2.19. The molecule has 24 heavy (non-hydrogen) atoms. The zero-order valence-electron chi connectivity index (χ0n) is 14.4. The van der Waals surface area contributed by atoms with Gasteiger partial charge in [0.15, 0.2) is 0 Å². The van der Waals surface area contributed by atoms with Crippen LogP contribution in [0.1, 0.15) is 48.8 Å². The monoisotopic (exact) mass is 336 g/mol. The smallest absolute Gasteiger partial charge is 0.123 e. The van der Waals surface area contributed by atoms with E-state index in [4.69, 9.17) is 0 Å². The van der Waals surface area contributed by atoms with E-state index in [-0.39, 0.29) is 5.82 Å².